The highest BCUT2D eigenvalue weighted by Gasteiger charge is 2.18. The fourth-order valence-electron chi connectivity index (χ4n) is 1.34. The number of ether oxygens (including phenoxy) is 2. The monoisotopic (exact) mass is 239 g/mol. The van der Waals surface area contributed by atoms with Crippen LogP contribution in [0.4, 0.5) is 5.69 Å². The zero-order valence-corrected chi connectivity index (χ0v) is 9.97. The summed E-state index contributed by atoms with van der Waals surface area (Å²) in [5.74, 6) is 0.202. The molecule has 1 rings (SSSR count). The molecule has 5 heteroatoms. The van der Waals surface area contributed by atoms with E-state index in [9.17, 15) is 4.79 Å². The summed E-state index contributed by atoms with van der Waals surface area (Å²) in [5, 5.41) is 12.0. The lowest BCUT2D eigenvalue weighted by molar-refractivity contribution is -0.144. The topological polar surface area (TPSA) is 67.8 Å². The third-order valence-corrected chi connectivity index (χ3v) is 2.16. The van der Waals surface area contributed by atoms with Gasteiger partial charge in [-0.15, -0.1) is 0 Å². The number of aliphatic hydroxyl groups is 1. The largest absolute Gasteiger partial charge is 0.497 e. The van der Waals surface area contributed by atoms with Crippen LogP contribution < -0.4 is 10.1 Å². The fourth-order valence-corrected chi connectivity index (χ4v) is 1.34. The molecule has 0 bridgehead atoms. The molecule has 0 amide bonds. The van der Waals surface area contributed by atoms with Gasteiger partial charge >= 0.3 is 5.97 Å². The summed E-state index contributed by atoms with van der Waals surface area (Å²) in [6.45, 7) is 1.68. The van der Waals surface area contributed by atoms with Crippen LogP contribution in [-0.4, -0.2) is 37.4 Å². The first kappa shape index (κ1) is 13.3. The number of nitrogens with one attached hydrogen (secondary N) is 1. The van der Waals surface area contributed by atoms with Gasteiger partial charge in [-0.25, -0.2) is 4.79 Å². The molecule has 2 N–H and O–H groups in total. The van der Waals surface area contributed by atoms with Gasteiger partial charge in [0.05, 0.1) is 20.3 Å². The van der Waals surface area contributed by atoms with E-state index in [1.165, 1.54) is 0 Å². The van der Waals surface area contributed by atoms with Crippen molar-refractivity contribution in [2.45, 2.75) is 13.0 Å². The van der Waals surface area contributed by atoms with E-state index in [0.29, 0.717) is 11.4 Å². The quantitative estimate of drug-likeness (QED) is 0.726. The van der Waals surface area contributed by atoms with E-state index >= 15 is 0 Å². The van der Waals surface area contributed by atoms with Crippen LogP contribution in [-0.2, 0) is 9.53 Å². The molecule has 1 aromatic carbocycles. The van der Waals surface area contributed by atoms with Crippen molar-refractivity contribution >= 4 is 11.7 Å². The lowest BCUT2D eigenvalue weighted by Crippen LogP contribution is -2.34. The van der Waals surface area contributed by atoms with Gasteiger partial charge in [-0.05, 0) is 19.1 Å². The molecule has 1 atom stereocenters. The van der Waals surface area contributed by atoms with Gasteiger partial charge in [0.25, 0.3) is 0 Å². The second-order valence-corrected chi connectivity index (χ2v) is 3.36. The Balaban J connectivity index is 2.69. The first-order valence-electron chi connectivity index (χ1n) is 5.39. The molecule has 0 aliphatic heterocycles. The van der Waals surface area contributed by atoms with Crippen LogP contribution in [0, 0.1) is 0 Å². The van der Waals surface area contributed by atoms with Gasteiger partial charge in [0.15, 0.2) is 0 Å². The Labute approximate surface area is 100 Å². The molecule has 1 aromatic rings. The number of carbonyl (C=O) groups excluding carboxylic acids is 1. The SMILES string of the molecule is CCOC(=O)C(CO)Nc1cccc(OC)c1. The Hall–Kier alpha value is -1.75. The van der Waals surface area contributed by atoms with Crippen molar-refractivity contribution in [3.63, 3.8) is 0 Å². The van der Waals surface area contributed by atoms with Gasteiger partial charge < -0.3 is 19.9 Å². The summed E-state index contributed by atoms with van der Waals surface area (Å²) < 4.78 is 9.89. The van der Waals surface area contributed by atoms with E-state index < -0.39 is 12.0 Å². The molecule has 0 saturated heterocycles. The molecule has 17 heavy (non-hydrogen) atoms. The molecule has 0 aliphatic rings. The molecule has 1 unspecified atom stereocenters. The maximum absolute atomic E-state index is 11.5. The lowest BCUT2D eigenvalue weighted by atomic mass is 10.2. The number of anilines is 1. The summed E-state index contributed by atoms with van der Waals surface area (Å²) in [6.07, 6.45) is 0. The summed E-state index contributed by atoms with van der Waals surface area (Å²) in [5.41, 5.74) is 0.691. The van der Waals surface area contributed by atoms with E-state index in [4.69, 9.17) is 14.6 Å². The maximum Gasteiger partial charge on any atom is 0.330 e. The van der Waals surface area contributed by atoms with E-state index in [-0.39, 0.29) is 13.2 Å². The van der Waals surface area contributed by atoms with Crippen molar-refractivity contribution in [3.8, 4) is 5.75 Å². The highest BCUT2D eigenvalue weighted by Crippen LogP contribution is 2.17. The van der Waals surface area contributed by atoms with Crippen LogP contribution in [0.5, 0.6) is 5.75 Å². The molecule has 0 radical (unpaired) electrons. The van der Waals surface area contributed by atoms with Crippen molar-refractivity contribution in [2.75, 3.05) is 25.6 Å². The van der Waals surface area contributed by atoms with E-state index in [0.717, 1.165) is 0 Å². The van der Waals surface area contributed by atoms with Gasteiger partial charge in [-0.3, -0.25) is 0 Å². The Kier molecular flexibility index (Phi) is 5.29. The van der Waals surface area contributed by atoms with E-state index in [1.807, 2.05) is 0 Å². The normalized spacial score (nSPS) is 11.7. The number of aliphatic hydroxyl groups excluding tert-OH is 1. The number of hydrogen-bond acceptors (Lipinski definition) is 5. The molecule has 0 aliphatic carbocycles. The van der Waals surface area contributed by atoms with Gasteiger partial charge in [-0.1, -0.05) is 6.07 Å². The summed E-state index contributed by atoms with van der Waals surface area (Å²) in [4.78, 5) is 11.5. The second kappa shape index (κ2) is 6.75. The maximum atomic E-state index is 11.5. The summed E-state index contributed by atoms with van der Waals surface area (Å²) >= 11 is 0. The van der Waals surface area contributed by atoms with E-state index in [1.54, 1.807) is 38.3 Å². The van der Waals surface area contributed by atoms with Crippen molar-refractivity contribution in [2.24, 2.45) is 0 Å². The molecule has 5 nitrogen and oxygen atoms in total. The minimum Gasteiger partial charge on any atom is -0.497 e. The molecule has 0 spiro atoms. The van der Waals surface area contributed by atoms with Crippen LogP contribution >= 0.6 is 0 Å². The van der Waals surface area contributed by atoms with Crippen molar-refractivity contribution in [3.05, 3.63) is 24.3 Å². The molecule has 0 fully saturated rings. The van der Waals surface area contributed by atoms with Crippen molar-refractivity contribution in [1.82, 2.24) is 0 Å². The third-order valence-electron chi connectivity index (χ3n) is 2.16. The number of rotatable bonds is 6. The van der Waals surface area contributed by atoms with Gasteiger partial charge in [0.2, 0.25) is 0 Å². The molecule has 0 aromatic heterocycles. The number of esters is 1. The van der Waals surface area contributed by atoms with Crippen LogP contribution in [0.3, 0.4) is 0 Å². The molecular formula is C12H17NO4. The Morgan fingerprint density at radius 2 is 2.29 bits per heavy atom. The third kappa shape index (κ3) is 3.96. The van der Waals surface area contributed by atoms with Crippen LogP contribution in [0.2, 0.25) is 0 Å². The van der Waals surface area contributed by atoms with Crippen molar-refractivity contribution in [1.29, 1.82) is 0 Å². The Morgan fingerprint density at radius 1 is 1.53 bits per heavy atom. The zero-order chi connectivity index (χ0) is 12.7. The van der Waals surface area contributed by atoms with Gasteiger partial charge in [-0.2, -0.15) is 0 Å². The van der Waals surface area contributed by atoms with Crippen molar-refractivity contribution < 1.29 is 19.4 Å². The van der Waals surface area contributed by atoms with Crippen LogP contribution in [0.1, 0.15) is 6.92 Å². The first-order valence-corrected chi connectivity index (χ1v) is 5.39. The number of carbonyl (C=O) groups is 1. The van der Waals surface area contributed by atoms with E-state index in [2.05, 4.69) is 5.32 Å². The summed E-state index contributed by atoms with van der Waals surface area (Å²) in [7, 11) is 1.56. The van der Waals surface area contributed by atoms with Crippen LogP contribution in [0.25, 0.3) is 0 Å². The first-order chi connectivity index (χ1) is 8.21. The predicted octanol–water partition coefficient (Wildman–Crippen LogP) is 1.03. The number of methoxy groups -OCH3 is 1. The average molecular weight is 239 g/mol. The predicted molar refractivity (Wildman–Crippen MR) is 64.1 cm³/mol. The Bertz CT molecular complexity index is 367. The highest BCUT2D eigenvalue weighted by molar-refractivity contribution is 5.79. The Morgan fingerprint density at radius 3 is 2.88 bits per heavy atom. The number of hydrogen-bond donors (Lipinski definition) is 2. The molecule has 0 heterocycles. The van der Waals surface area contributed by atoms with Crippen LogP contribution in [0.15, 0.2) is 24.3 Å². The lowest BCUT2D eigenvalue weighted by Gasteiger charge is -2.16. The smallest absolute Gasteiger partial charge is 0.330 e. The molecule has 94 valence electrons. The highest BCUT2D eigenvalue weighted by atomic mass is 16.5. The minimum atomic E-state index is -0.762. The van der Waals surface area contributed by atoms with Gasteiger partial charge in [0.1, 0.15) is 11.8 Å². The molecule has 0 saturated carbocycles. The average Bonchev–Trinajstić information content (AvgIpc) is 2.36. The molecular weight excluding hydrogens is 222 g/mol. The van der Waals surface area contributed by atoms with Gasteiger partial charge in [0, 0.05) is 11.8 Å². The summed E-state index contributed by atoms with van der Waals surface area (Å²) in [6, 6.07) is 6.35. The standard InChI is InChI=1S/C12H17NO4/c1-3-17-12(15)11(8-14)13-9-5-4-6-10(7-9)16-2/h4-7,11,13-14H,3,8H2,1-2H3. The number of benzene rings is 1. The fraction of sp³-hybridized carbons (Fsp3) is 0.417. The zero-order valence-electron chi connectivity index (χ0n) is 9.97. The second-order valence-electron chi connectivity index (χ2n) is 3.36. The minimum absolute atomic E-state index is 0.287.